The molecule has 0 aromatic heterocycles. The van der Waals surface area contributed by atoms with Gasteiger partial charge in [0.1, 0.15) is 0 Å². The molecule has 0 bridgehead atoms. The second-order valence-corrected chi connectivity index (χ2v) is 6.39. The zero-order chi connectivity index (χ0) is 9.80. The molecule has 0 aromatic carbocycles. The van der Waals surface area contributed by atoms with E-state index in [4.69, 9.17) is 0 Å². The van der Waals surface area contributed by atoms with E-state index in [0.29, 0.717) is 0 Å². The predicted molar refractivity (Wildman–Crippen MR) is 64.9 cm³/mol. The first-order chi connectivity index (χ1) is 6.84. The third-order valence-corrected chi connectivity index (χ3v) is 5.03. The van der Waals surface area contributed by atoms with Crippen LogP contribution in [-0.4, -0.2) is 23.6 Å². The van der Waals surface area contributed by atoms with Gasteiger partial charge in [0.2, 0.25) is 0 Å². The van der Waals surface area contributed by atoms with Gasteiger partial charge in [0.05, 0.1) is 0 Å². The van der Waals surface area contributed by atoms with Crippen molar-refractivity contribution in [3.8, 4) is 0 Å². The molecular weight excluding hydrogens is 190 g/mol. The molecule has 2 aliphatic rings. The summed E-state index contributed by atoms with van der Waals surface area (Å²) in [5.74, 6) is 2.44. The average molecular weight is 213 g/mol. The molecule has 2 rings (SSSR count). The molecule has 0 spiro atoms. The highest BCUT2D eigenvalue weighted by atomic mass is 32.2. The van der Waals surface area contributed by atoms with Gasteiger partial charge in [0.15, 0.2) is 0 Å². The number of hydrogen-bond donors (Lipinski definition) is 1. The van der Waals surface area contributed by atoms with E-state index in [2.05, 4.69) is 24.0 Å². The van der Waals surface area contributed by atoms with Crippen molar-refractivity contribution in [3.63, 3.8) is 0 Å². The van der Waals surface area contributed by atoms with Crippen molar-refractivity contribution in [2.45, 2.75) is 56.7 Å². The van der Waals surface area contributed by atoms with Crippen molar-refractivity contribution in [1.82, 2.24) is 5.32 Å². The van der Waals surface area contributed by atoms with Gasteiger partial charge >= 0.3 is 0 Å². The van der Waals surface area contributed by atoms with Crippen LogP contribution in [0.25, 0.3) is 0 Å². The van der Waals surface area contributed by atoms with Crippen LogP contribution in [0.4, 0.5) is 0 Å². The van der Waals surface area contributed by atoms with Crippen LogP contribution in [0.2, 0.25) is 0 Å². The van der Waals surface area contributed by atoms with E-state index in [0.717, 1.165) is 17.2 Å². The molecule has 0 aromatic rings. The molecule has 1 heterocycles. The van der Waals surface area contributed by atoms with Crippen molar-refractivity contribution >= 4 is 11.8 Å². The Kier molecular flexibility index (Phi) is 4.18. The number of rotatable bonds is 5. The maximum Gasteiger partial charge on any atom is 0.0172 e. The third kappa shape index (κ3) is 3.16. The molecular formula is C12H23NS. The summed E-state index contributed by atoms with van der Waals surface area (Å²) in [6.45, 7) is 3.61. The van der Waals surface area contributed by atoms with Crippen LogP contribution in [0.5, 0.6) is 0 Å². The first-order valence-electron chi connectivity index (χ1n) is 6.19. The van der Waals surface area contributed by atoms with Gasteiger partial charge in [-0.05, 0) is 37.9 Å². The van der Waals surface area contributed by atoms with E-state index >= 15 is 0 Å². The van der Waals surface area contributed by atoms with Gasteiger partial charge in [0, 0.05) is 17.8 Å². The Balaban J connectivity index is 1.54. The number of nitrogens with one attached hydrogen (secondary N) is 1. The molecule has 2 atom stereocenters. The van der Waals surface area contributed by atoms with Crippen LogP contribution in [0.3, 0.4) is 0 Å². The molecule has 2 unspecified atom stereocenters. The maximum absolute atomic E-state index is 3.70. The van der Waals surface area contributed by atoms with E-state index in [1.807, 2.05) is 0 Å². The Labute approximate surface area is 92.4 Å². The second kappa shape index (κ2) is 5.41. The Morgan fingerprint density at radius 3 is 2.71 bits per heavy atom. The molecule has 1 saturated carbocycles. The van der Waals surface area contributed by atoms with Gasteiger partial charge in [-0.15, -0.1) is 0 Å². The van der Waals surface area contributed by atoms with E-state index in [9.17, 15) is 0 Å². The second-order valence-electron chi connectivity index (χ2n) is 4.98. The van der Waals surface area contributed by atoms with Crippen molar-refractivity contribution in [2.75, 3.05) is 12.3 Å². The van der Waals surface area contributed by atoms with Crippen LogP contribution < -0.4 is 5.32 Å². The van der Waals surface area contributed by atoms with E-state index in [1.165, 1.54) is 50.8 Å². The lowest BCUT2D eigenvalue weighted by Gasteiger charge is -2.29. The number of thioether (sulfide) groups is 1. The fourth-order valence-electron chi connectivity index (χ4n) is 2.45. The van der Waals surface area contributed by atoms with Crippen LogP contribution >= 0.6 is 11.8 Å². The quantitative estimate of drug-likeness (QED) is 0.753. The van der Waals surface area contributed by atoms with Crippen LogP contribution in [-0.2, 0) is 0 Å². The lowest BCUT2D eigenvalue weighted by atomic mass is 9.81. The zero-order valence-electron chi connectivity index (χ0n) is 9.30. The van der Waals surface area contributed by atoms with Crippen molar-refractivity contribution in [2.24, 2.45) is 5.92 Å². The Bertz CT molecular complexity index is 162. The van der Waals surface area contributed by atoms with Crippen LogP contribution in [0.1, 0.15) is 45.4 Å². The minimum absolute atomic E-state index is 0.751. The topological polar surface area (TPSA) is 12.0 Å². The fourth-order valence-corrected chi connectivity index (χ4v) is 3.66. The zero-order valence-corrected chi connectivity index (χ0v) is 10.1. The van der Waals surface area contributed by atoms with E-state index in [1.54, 1.807) is 0 Å². The monoisotopic (exact) mass is 213 g/mol. The molecule has 1 N–H and O–H groups in total. The smallest absolute Gasteiger partial charge is 0.0172 e. The molecule has 1 nitrogen and oxygen atoms in total. The van der Waals surface area contributed by atoms with E-state index < -0.39 is 0 Å². The Hall–Kier alpha value is 0.310. The van der Waals surface area contributed by atoms with Gasteiger partial charge in [-0.1, -0.05) is 19.3 Å². The molecule has 82 valence electrons. The molecule has 1 aliphatic carbocycles. The van der Waals surface area contributed by atoms with Crippen LogP contribution in [0.15, 0.2) is 0 Å². The minimum Gasteiger partial charge on any atom is -0.313 e. The summed E-state index contributed by atoms with van der Waals surface area (Å²) < 4.78 is 0. The van der Waals surface area contributed by atoms with Crippen LogP contribution in [0, 0.1) is 5.92 Å². The van der Waals surface area contributed by atoms with Gasteiger partial charge in [-0.2, -0.15) is 11.8 Å². The summed E-state index contributed by atoms with van der Waals surface area (Å²) in [5, 5.41) is 4.62. The van der Waals surface area contributed by atoms with Crippen molar-refractivity contribution in [1.29, 1.82) is 0 Å². The first kappa shape index (κ1) is 10.8. The summed E-state index contributed by atoms with van der Waals surface area (Å²) in [5.41, 5.74) is 0. The van der Waals surface area contributed by atoms with Crippen molar-refractivity contribution < 1.29 is 0 Å². The molecule has 2 fully saturated rings. The summed E-state index contributed by atoms with van der Waals surface area (Å²) in [7, 11) is 0. The third-order valence-electron chi connectivity index (χ3n) is 3.63. The van der Waals surface area contributed by atoms with E-state index in [-0.39, 0.29) is 0 Å². The normalized spacial score (nSPS) is 30.2. The highest BCUT2D eigenvalue weighted by Gasteiger charge is 2.21. The fraction of sp³-hybridized carbons (Fsp3) is 1.00. The van der Waals surface area contributed by atoms with Gasteiger partial charge in [0.25, 0.3) is 0 Å². The first-order valence-corrected chi connectivity index (χ1v) is 7.24. The highest BCUT2D eigenvalue weighted by Crippen LogP contribution is 2.30. The molecule has 1 saturated heterocycles. The maximum atomic E-state index is 3.70. The van der Waals surface area contributed by atoms with Crippen molar-refractivity contribution in [3.05, 3.63) is 0 Å². The van der Waals surface area contributed by atoms with Gasteiger partial charge in [-0.25, -0.2) is 0 Å². The SMILES string of the molecule is CC(CC1CCC1)NCC1CCCS1. The minimum atomic E-state index is 0.751. The Morgan fingerprint density at radius 2 is 2.14 bits per heavy atom. The molecule has 14 heavy (non-hydrogen) atoms. The standard InChI is InChI=1S/C12H23NS/c1-10(8-11-4-2-5-11)13-9-12-6-3-7-14-12/h10-13H,2-9H2,1H3. The number of hydrogen-bond acceptors (Lipinski definition) is 2. The summed E-state index contributed by atoms with van der Waals surface area (Å²) in [4.78, 5) is 0. The molecule has 0 radical (unpaired) electrons. The Morgan fingerprint density at radius 1 is 1.29 bits per heavy atom. The summed E-state index contributed by atoms with van der Waals surface area (Å²) >= 11 is 2.16. The lowest BCUT2D eigenvalue weighted by molar-refractivity contribution is 0.266. The summed E-state index contributed by atoms with van der Waals surface area (Å²) in [6, 6.07) is 0.751. The average Bonchev–Trinajstić information content (AvgIpc) is 2.60. The molecule has 0 amide bonds. The highest BCUT2D eigenvalue weighted by molar-refractivity contribution is 8.00. The lowest BCUT2D eigenvalue weighted by Crippen LogP contribution is -2.34. The molecule has 2 heteroatoms. The van der Waals surface area contributed by atoms with Gasteiger partial charge < -0.3 is 5.32 Å². The summed E-state index contributed by atoms with van der Waals surface area (Å²) in [6.07, 6.45) is 8.75. The van der Waals surface area contributed by atoms with Gasteiger partial charge in [-0.3, -0.25) is 0 Å². The predicted octanol–water partition coefficient (Wildman–Crippen LogP) is 3.05. The largest absolute Gasteiger partial charge is 0.313 e. The molecule has 1 aliphatic heterocycles.